The first-order valence-electron chi connectivity index (χ1n) is 6.93. The Morgan fingerprint density at radius 2 is 1.64 bits per heavy atom. The van der Waals surface area contributed by atoms with Gasteiger partial charge in [-0.1, -0.05) is 48.0 Å². The molecule has 0 aliphatic heterocycles. The molecule has 1 heterocycles. The fraction of sp³-hybridized carbons (Fsp3) is 0.0588. The number of halogens is 1. The first-order valence-corrected chi connectivity index (χ1v) is 7.30. The molecule has 1 unspecified atom stereocenters. The second-order valence-electron chi connectivity index (χ2n) is 5.30. The number of anilines is 2. The average molecular weight is 309 g/mol. The van der Waals surface area contributed by atoms with Crippen molar-refractivity contribution >= 4 is 23.4 Å². The molecule has 0 spiro atoms. The van der Waals surface area contributed by atoms with Crippen molar-refractivity contribution in [2.24, 2.45) is 0 Å². The van der Waals surface area contributed by atoms with Crippen LogP contribution >= 0.6 is 11.6 Å². The topological polar surface area (TPSA) is 77.8 Å². The summed E-state index contributed by atoms with van der Waals surface area (Å²) in [6.45, 7) is 0. The molecule has 0 radical (unpaired) electrons. The van der Waals surface area contributed by atoms with E-state index >= 15 is 0 Å². The minimum Gasteiger partial charge on any atom is -0.383 e. The Balaban J connectivity index is 2.02. The molecule has 5 heteroatoms. The average Bonchev–Trinajstić information content (AvgIpc) is 2.82. The first kappa shape index (κ1) is 13.1. The summed E-state index contributed by atoms with van der Waals surface area (Å²) < 4.78 is 0. The van der Waals surface area contributed by atoms with Crippen LogP contribution in [0.15, 0.2) is 48.5 Å². The molecule has 1 aromatic heterocycles. The van der Waals surface area contributed by atoms with Crippen LogP contribution in [0.1, 0.15) is 22.7 Å². The van der Waals surface area contributed by atoms with E-state index in [9.17, 15) is 0 Å². The Labute approximate surface area is 132 Å². The second kappa shape index (κ2) is 4.71. The number of nitrogen functional groups attached to an aromatic ring is 2. The zero-order valence-corrected chi connectivity index (χ0v) is 12.4. The van der Waals surface area contributed by atoms with Crippen LogP contribution in [0.4, 0.5) is 11.8 Å². The Morgan fingerprint density at radius 1 is 0.909 bits per heavy atom. The van der Waals surface area contributed by atoms with Crippen LogP contribution in [-0.2, 0) is 0 Å². The maximum absolute atomic E-state index is 6.10. The van der Waals surface area contributed by atoms with Gasteiger partial charge in [0.1, 0.15) is 5.82 Å². The zero-order chi connectivity index (χ0) is 15.3. The van der Waals surface area contributed by atoms with Crippen molar-refractivity contribution < 1.29 is 0 Å². The molecular weight excluding hydrogens is 296 g/mol. The van der Waals surface area contributed by atoms with Gasteiger partial charge in [0.25, 0.3) is 0 Å². The summed E-state index contributed by atoms with van der Waals surface area (Å²) in [6, 6.07) is 15.9. The molecule has 4 nitrogen and oxygen atoms in total. The van der Waals surface area contributed by atoms with Gasteiger partial charge >= 0.3 is 0 Å². The normalized spacial score (nSPS) is 15.4. The third-order valence-corrected chi connectivity index (χ3v) is 4.25. The van der Waals surface area contributed by atoms with Crippen molar-refractivity contribution in [2.75, 3.05) is 11.5 Å². The van der Waals surface area contributed by atoms with Crippen molar-refractivity contribution in [2.45, 2.75) is 5.92 Å². The minimum absolute atomic E-state index is 0.00364. The van der Waals surface area contributed by atoms with E-state index in [4.69, 9.17) is 23.1 Å². The van der Waals surface area contributed by atoms with E-state index < -0.39 is 0 Å². The number of aromatic nitrogens is 2. The lowest BCUT2D eigenvalue weighted by Crippen LogP contribution is -2.07. The van der Waals surface area contributed by atoms with Gasteiger partial charge < -0.3 is 11.5 Å². The van der Waals surface area contributed by atoms with Gasteiger partial charge in [0.2, 0.25) is 5.95 Å². The number of benzene rings is 2. The van der Waals surface area contributed by atoms with E-state index in [-0.39, 0.29) is 11.9 Å². The van der Waals surface area contributed by atoms with E-state index in [0.717, 1.165) is 27.9 Å². The van der Waals surface area contributed by atoms with Crippen LogP contribution in [-0.4, -0.2) is 9.97 Å². The summed E-state index contributed by atoms with van der Waals surface area (Å²) in [5, 5.41) is 0.706. The predicted octanol–water partition coefficient (Wildman–Crippen LogP) is 3.46. The van der Waals surface area contributed by atoms with Crippen molar-refractivity contribution in [3.63, 3.8) is 0 Å². The molecule has 0 bridgehead atoms. The van der Waals surface area contributed by atoms with Gasteiger partial charge in [-0.05, 0) is 28.8 Å². The van der Waals surface area contributed by atoms with E-state index in [1.54, 1.807) is 0 Å². The van der Waals surface area contributed by atoms with Gasteiger partial charge in [0, 0.05) is 10.6 Å². The summed E-state index contributed by atoms with van der Waals surface area (Å²) in [5.74, 6) is 0.616. The maximum Gasteiger partial charge on any atom is 0.222 e. The van der Waals surface area contributed by atoms with Crippen LogP contribution < -0.4 is 11.5 Å². The molecule has 22 heavy (non-hydrogen) atoms. The quantitative estimate of drug-likeness (QED) is 0.564. The summed E-state index contributed by atoms with van der Waals surface area (Å²) >= 11 is 6.00. The molecule has 1 atom stereocenters. The second-order valence-corrected chi connectivity index (χ2v) is 5.74. The third kappa shape index (κ3) is 1.84. The molecule has 0 amide bonds. The molecule has 0 saturated heterocycles. The Kier molecular flexibility index (Phi) is 2.81. The van der Waals surface area contributed by atoms with Gasteiger partial charge in [-0.25, -0.2) is 4.98 Å². The lowest BCUT2D eigenvalue weighted by atomic mass is 9.92. The largest absolute Gasteiger partial charge is 0.383 e. The molecule has 1 aliphatic carbocycles. The minimum atomic E-state index is -0.00364. The number of hydrogen-bond donors (Lipinski definition) is 2. The van der Waals surface area contributed by atoms with Crippen molar-refractivity contribution in [1.29, 1.82) is 0 Å². The number of rotatable bonds is 1. The molecule has 108 valence electrons. The third-order valence-electron chi connectivity index (χ3n) is 4.00. The first-order chi connectivity index (χ1) is 10.6. The van der Waals surface area contributed by atoms with E-state index in [2.05, 4.69) is 16.0 Å². The molecule has 0 fully saturated rings. The number of nitrogens with two attached hydrogens (primary N) is 2. The summed E-state index contributed by atoms with van der Waals surface area (Å²) in [7, 11) is 0. The highest BCUT2D eigenvalue weighted by molar-refractivity contribution is 6.30. The van der Waals surface area contributed by atoms with Crippen molar-refractivity contribution in [1.82, 2.24) is 9.97 Å². The zero-order valence-electron chi connectivity index (χ0n) is 11.6. The van der Waals surface area contributed by atoms with Gasteiger partial charge in [-0.2, -0.15) is 4.98 Å². The fourth-order valence-electron chi connectivity index (χ4n) is 3.12. The molecule has 4 N–H and O–H groups in total. The highest BCUT2D eigenvalue weighted by Gasteiger charge is 2.33. The van der Waals surface area contributed by atoms with Gasteiger partial charge in [0.05, 0.1) is 11.6 Å². The molecular formula is C17H13ClN4. The highest BCUT2D eigenvalue weighted by atomic mass is 35.5. The Hall–Kier alpha value is -2.59. The lowest BCUT2D eigenvalue weighted by Gasteiger charge is -2.13. The summed E-state index contributed by atoms with van der Waals surface area (Å²) in [5.41, 5.74) is 17.0. The number of hydrogen-bond acceptors (Lipinski definition) is 4. The molecule has 3 aromatic rings. The fourth-order valence-corrected chi connectivity index (χ4v) is 3.24. The monoisotopic (exact) mass is 308 g/mol. The number of nitrogens with zero attached hydrogens (tertiary/aromatic N) is 2. The number of fused-ring (bicyclic) bond motifs is 3. The standard InChI is InChI=1S/C17H13ClN4/c18-10-7-5-9(6-8-10)13-11-3-1-2-4-12(11)14-15(13)21-17(20)22-16(14)19/h1-8,13H,(H4,19,20,21,22). The molecule has 1 aliphatic rings. The van der Waals surface area contributed by atoms with Crippen molar-refractivity contribution in [3.8, 4) is 11.1 Å². The van der Waals surface area contributed by atoms with E-state index in [1.807, 2.05) is 42.5 Å². The van der Waals surface area contributed by atoms with Crippen LogP contribution in [0.25, 0.3) is 11.1 Å². The predicted molar refractivity (Wildman–Crippen MR) is 88.7 cm³/mol. The van der Waals surface area contributed by atoms with Crippen LogP contribution in [0, 0.1) is 0 Å². The van der Waals surface area contributed by atoms with Gasteiger partial charge in [-0.3, -0.25) is 0 Å². The maximum atomic E-state index is 6.10. The Bertz CT molecular complexity index is 874. The van der Waals surface area contributed by atoms with Gasteiger partial charge in [0.15, 0.2) is 0 Å². The van der Waals surface area contributed by atoms with Crippen LogP contribution in [0.2, 0.25) is 5.02 Å². The summed E-state index contributed by atoms with van der Waals surface area (Å²) in [6.07, 6.45) is 0. The molecule has 2 aromatic carbocycles. The highest BCUT2D eigenvalue weighted by Crippen LogP contribution is 2.48. The van der Waals surface area contributed by atoms with E-state index in [1.165, 1.54) is 0 Å². The van der Waals surface area contributed by atoms with Crippen molar-refractivity contribution in [3.05, 3.63) is 70.4 Å². The van der Waals surface area contributed by atoms with E-state index in [0.29, 0.717) is 10.8 Å². The summed E-state index contributed by atoms with van der Waals surface area (Å²) in [4.78, 5) is 8.57. The van der Waals surface area contributed by atoms with Crippen LogP contribution in [0.5, 0.6) is 0 Å². The molecule has 0 saturated carbocycles. The lowest BCUT2D eigenvalue weighted by molar-refractivity contribution is 0.947. The van der Waals surface area contributed by atoms with Gasteiger partial charge in [-0.15, -0.1) is 0 Å². The smallest absolute Gasteiger partial charge is 0.222 e. The SMILES string of the molecule is Nc1nc(N)c2c(n1)C(c1ccc(Cl)cc1)c1ccccc1-2. The molecule has 4 rings (SSSR count). The Morgan fingerprint density at radius 3 is 2.41 bits per heavy atom. The van der Waals surface area contributed by atoms with Crippen LogP contribution in [0.3, 0.4) is 0 Å².